The molecule has 3 rings (SSSR count). The number of para-hydroxylation sites is 1. The first-order chi connectivity index (χ1) is 13.8. The van der Waals surface area contributed by atoms with Gasteiger partial charge < -0.3 is 10.0 Å². The fourth-order valence-corrected chi connectivity index (χ4v) is 4.51. The van der Waals surface area contributed by atoms with Crippen molar-refractivity contribution in [2.24, 2.45) is 5.92 Å². The third kappa shape index (κ3) is 4.43. The van der Waals surface area contributed by atoms with Crippen LogP contribution < -0.4 is 4.90 Å². The van der Waals surface area contributed by atoms with E-state index in [-0.39, 0.29) is 17.6 Å². The molecule has 1 fully saturated rings. The molecule has 1 N–H and O–H groups in total. The lowest BCUT2D eigenvalue weighted by molar-refractivity contribution is -0.117. The van der Waals surface area contributed by atoms with Gasteiger partial charge in [0.25, 0.3) is 0 Å². The van der Waals surface area contributed by atoms with Gasteiger partial charge in [-0.2, -0.15) is 0 Å². The van der Waals surface area contributed by atoms with E-state index in [4.69, 9.17) is 0 Å². The summed E-state index contributed by atoms with van der Waals surface area (Å²) in [4.78, 5) is 14.8. The Morgan fingerprint density at radius 3 is 2.48 bits per heavy atom. The van der Waals surface area contributed by atoms with E-state index >= 15 is 0 Å². The third-order valence-corrected chi connectivity index (χ3v) is 6.28. The maximum Gasteiger partial charge on any atom is 0.228 e. The van der Waals surface area contributed by atoms with Gasteiger partial charge in [-0.25, -0.2) is 4.39 Å². The Labute approximate surface area is 172 Å². The van der Waals surface area contributed by atoms with E-state index in [2.05, 4.69) is 6.58 Å². The van der Waals surface area contributed by atoms with Crippen molar-refractivity contribution in [3.8, 4) is 0 Å². The van der Waals surface area contributed by atoms with Crippen molar-refractivity contribution in [2.75, 3.05) is 4.90 Å². The normalized spacial score (nSPS) is 22.7. The van der Waals surface area contributed by atoms with Crippen LogP contribution in [0.25, 0.3) is 0 Å². The summed E-state index contributed by atoms with van der Waals surface area (Å²) < 4.78 is 13.1. The van der Waals surface area contributed by atoms with Crippen LogP contribution in [0.15, 0.2) is 66.7 Å². The van der Waals surface area contributed by atoms with E-state index in [0.29, 0.717) is 12.0 Å². The molecule has 1 aliphatic rings. The second kappa shape index (κ2) is 8.91. The second-order valence-corrected chi connectivity index (χ2v) is 8.19. The minimum atomic E-state index is -0.696. The fourth-order valence-electron chi connectivity index (χ4n) is 4.51. The number of aliphatic hydroxyl groups excluding tert-OH is 1. The number of benzene rings is 2. The van der Waals surface area contributed by atoms with E-state index < -0.39 is 11.6 Å². The van der Waals surface area contributed by atoms with Gasteiger partial charge in [0, 0.05) is 12.1 Å². The van der Waals surface area contributed by atoms with Crippen LogP contribution in [0, 0.1) is 11.7 Å². The number of halogens is 1. The van der Waals surface area contributed by atoms with Crippen molar-refractivity contribution in [3.63, 3.8) is 0 Å². The number of hydrogen-bond acceptors (Lipinski definition) is 2. The topological polar surface area (TPSA) is 40.5 Å². The third-order valence-electron chi connectivity index (χ3n) is 6.28. The first kappa shape index (κ1) is 21.3. The molecule has 3 unspecified atom stereocenters. The molecule has 1 amide bonds. The first-order valence-corrected chi connectivity index (χ1v) is 10.3. The predicted molar refractivity (Wildman–Crippen MR) is 115 cm³/mol. The SMILES string of the molecule is C=C(C(C)O)C1(C)C(CCCCc2ccc(F)cc2)CC(=O)N1c1ccccc1. The number of carbonyl (C=O) groups excluding carboxylic acids is 1. The summed E-state index contributed by atoms with van der Waals surface area (Å²) in [6.45, 7) is 7.92. The fraction of sp³-hybridized carbons (Fsp3) is 0.400. The molecular formula is C25H30FNO2. The maximum atomic E-state index is 13.1. The van der Waals surface area contributed by atoms with Gasteiger partial charge in [0.2, 0.25) is 5.91 Å². The number of hydrogen-bond donors (Lipinski definition) is 1. The van der Waals surface area contributed by atoms with Gasteiger partial charge in [0.1, 0.15) is 5.82 Å². The molecule has 29 heavy (non-hydrogen) atoms. The molecule has 0 spiro atoms. The number of carbonyl (C=O) groups is 1. The molecule has 0 saturated carbocycles. The van der Waals surface area contributed by atoms with Gasteiger partial charge >= 0.3 is 0 Å². The number of unbranched alkanes of at least 4 members (excludes halogenated alkanes) is 1. The first-order valence-electron chi connectivity index (χ1n) is 10.3. The highest BCUT2D eigenvalue weighted by molar-refractivity contribution is 5.98. The summed E-state index contributed by atoms with van der Waals surface area (Å²) in [6, 6.07) is 16.3. The predicted octanol–water partition coefficient (Wildman–Crippen LogP) is 5.29. The van der Waals surface area contributed by atoms with E-state index in [1.807, 2.05) is 54.3 Å². The van der Waals surface area contributed by atoms with Crippen LogP contribution in [-0.2, 0) is 11.2 Å². The monoisotopic (exact) mass is 395 g/mol. The largest absolute Gasteiger partial charge is 0.389 e. The van der Waals surface area contributed by atoms with Crippen LogP contribution in [0.2, 0.25) is 0 Å². The van der Waals surface area contributed by atoms with Crippen LogP contribution in [0.1, 0.15) is 45.1 Å². The minimum Gasteiger partial charge on any atom is -0.389 e. The zero-order chi connectivity index (χ0) is 21.0. The summed E-state index contributed by atoms with van der Waals surface area (Å²) in [5, 5.41) is 10.3. The highest BCUT2D eigenvalue weighted by Gasteiger charge is 2.52. The molecule has 3 nitrogen and oxygen atoms in total. The number of anilines is 1. The Kier molecular flexibility index (Phi) is 6.53. The molecule has 1 aliphatic heterocycles. The van der Waals surface area contributed by atoms with Crippen molar-refractivity contribution in [3.05, 3.63) is 78.1 Å². The second-order valence-electron chi connectivity index (χ2n) is 8.19. The van der Waals surface area contributed by atoms with E-state index in [1.165, 1.54) is 12.1 Å². The smallest absolute Gasteiger partial charge is 0.228 e. The Morgan fingerprint density at radius 1 is 1.21 bits per heavy atom. The molecule has 2 aromatic rings. The number of nitrogens with zero attached hydrogens (tertiary/aromatic N) is 1. The molecule has 1 heterocycles. The van der Waals surface area contributed by atoms with Crippen molar-refractivity contribution in [2.45, 2.75) is 57.6 Å². The lowest BCUT2D eigenvalue weighted by atomic mass is 9.76. The quantitative estimate of drug-likeness (QED) is 0.487. The van der Waals surface area contributed by atoms with E-state index in [0.717, 1.165) is 36.9 Å². The Morgan fingerprint density at radius 2 is 1.86 bits per heavy atom. The molecule has 2 aromatic carbocycles. The minimum absolute atomic E-state index is 0.0732. The number of amides is 1. The molecule has 0 radical (unpaired) electrons. The van der Waals surface area contributed by atoms with Gasteiger partial charge in [-0.15, -0.1) is 0 Å². The van der Waals surface area contributed by atoms with Crippen molar-refractivity contribution in [1.29, 1.82) is 0 Å². The molecule has 0 bridgehead atoms. The average molecular weight is 396 g/mol. The number of aliphatic hydroxyl groups is 1. The Hall–Kier alpha value is -2.46. The van der Waals surface area contributed by atoms with Crippen LogP contribution in [0.4, 0.5) is 10.1 Å². The van der Waals surface area contributed by atoms with Crippen LogP contribution >= 0.6 is 0 Å². The van der Waals surface area contributed by atoms with Gasteiger partial charge in [0.15, 0.2) is 0 Å². The zero-order valence-corrected chi connectivity index (χ0v) is 17.3. The van der Waals surface area contributed by atoms with Crippen LogP contribution in [0.3, 0.4) is 0 Å². The summed E-state index contributed by atoms with van der Waals surface area (Å²) >= 11 is 0. The molecule has 0 aromatic heterocycles. The summed E-state index contributed by atoms with van der Waals surface area (Å²) in [5.41, 5.74) is 2.02. The maximum absolute atomic E-state index is 13.1. The average Bonchev–Trinajstić information content (AvgIpc) is 2.97. The summed E-state index contributed by atoms with van der Waals surface area (Å²) in [6.07, 6.45) is 3.45. The summed E-state index contributed by atoms with van der Waals surface area (Å²) in [7, 11) is 0. The lowest BCUT2D eigenvalue weighted by Crippen LogP contribution is -2.50. The summed E-state index contributed by atoms with van der Waals surface area (Å²) in [5.74, 6) is -0.0545. The van der Waals surface area contributed by atoms with Crippen molar-refractivity contribution < 1.29 is 14.3 Å². The van der Waals surface area contributed by atoms with E-state index in [1.54, 1.807) is 6.92 Å². The highest BCUT2D eigenvalue weighted by Crippen LogP contribution is 2.46. The number of rotatable bonds is 8. The van der Waals surface area contributed by atoms with Gasteiger partial charge in [-0.3, -0.25) is 4.79 Å². The number of aryl methyl sites for hydroxylation is 1. The molecule has 4 heteroatoms. The Bertz CT molecular complexity index is 847. The van der Waals surface area contributed by atoms with Crippen molar-refractivity contribution >= 4 is 11.6 Å². The van der Waals surface area contributed by atoms with Gasteiger partial charge in [-0.1, -0.05) is 43.3 Å². The lowest BCUT2D eigenvalue weighted by Gasteiger charge is -2.42. The Balaban J connectivity index is 1.73. The molecule has 0 aliphatic carbocycles. The van der Waals surface area contributed by atoms with Crippen LogP contribution in [0.5, 0.6) is 0 Å². The van der Waals surface area contributed by atoms with Crippen molar-refractivity contribution in [1.82, 2.24) is 0 Å². The molecular weight excluding hydrogens is 365 g/mol. The molecule has 3 atom stereocenters. The van der Waals surface area contributed by atoms with E-state index in [9.17, 15) is 14.3 Å². The molecule has 1 saturated heterocycles. The van der Waals surface area contributed by atoms with Crippen LogP contribution in [-0.4, -0.2) is 22.7 Å². The van der Waals surface area contributed by atoms with Gasteiger partial charge in [0.05, 0.1) is 11.6 Å². The standard InChI is InChI=1S/C25H30FNO2/c1-18(19(2)28)25(3)21(10-8-7-9-20-13-15-22(26)16-14-20)17-24(29)27(25)23-11-5-4-6-12-23/h4-6,11-16,19,21,28H,1,7-10,17H2,2-3H3. The molecule has 154 valence electrons. The highest BCUT2D eigenvalue weighted by atomic mass is 19.1. The van der Waals surface area contributed by atoms with Gasteiger partial charge in [-0.05, 0) is 74.4 Å². The zero-order valence-electron chi connectivity index (χ0n) is 17.3.